The number of nitrogens with zero attached hydrogens (tertiary/aromatic N) is 3. The largest absolute Gasteiger partial charge is 0.454 e. The average Bonchev–Trinajstić information content (AvgIpc) is 3.89. The van der Waals surface area contributed by atoms with Crippen LogP contribution >= 0.6 is 11.6 Å². The molecule has 0 aliphatic heterocycles. The molecule has 1 heterocycles. The van der Waals surface area contributed by atoms with Gasteiger partial charge in [0.2, 0.25) is 11.9 Å². The van der Waals surface area contributed by atoms with Gasteiger partial charge in [0.15, 0.2) is 19.2 Å². The van der Waals surface area contributed by atoms with Crippen LogP contribution in [0.1, 0.15) is 62.4 Å². The number of terminal acetylenes is 1. The number of ether oxygens (including phenoxy) is 1. The fourth-order valence-corrected chi connectivity index (χ4v) is 3.96. The summed E-state index contributed by atoms with van der Waals surface area (Å²) in [7, 11) is 5.63. The number of rotatable bonds is 14. The first-order valence-corrected chi connectivity index (χ1v) is 16.4. The molecular weight excluding hydrogens is 689 g/mol. The predicted molar refractivity (Wildman–Crippen MR) is 196 cm³/mol. The predicted octanol–water partition coefficient (Wildman–Crippen LogP) is 5.93. The molecule has 1 saturated carbocycles. The fourth-order valence-electron chi connectivity index (χ4n) is 3.84. The summed E-state index contributed by atoms with van der Waals surface area (Å²) in [4.78, 5) is 42.4. The van der Waals surface area contributed by atoms with E-state index in [-0.39, 0.29) is 30.4 Å². The Morgan fingerprint density at radius 2 is 1.47 bits per heavy atom. The molecule has 16 heteroatoms. The maximum absolute atomic E-state index is 12.8. The molecule has 3 aromatic rings. The molecule has 1 amide bonds. The summed E-state index contributed by atoms with van der Waals surface area (Å²) in [6.07, 6.45) is 3.80. The molecule has 1 fully saturated rings. The molecule has 2 aromatic carbocycles. The SMILES string of the molecule is C#CC.CC.CNC.CNCCCCNC(=O)c1ccc(Nc2nc(NC3(c4ccc(Cl)cc4)CC3)nc(OCC(F)(F)F)n2)cc1.O=CC=O. The van der Waals surface area contributed by atoms with Gasteiger partial charge in [-0.1, -0.05) is 37.6 Å². The second-order valence-corrected chi connectivity index (χ2v) is 10.6. The summed E-state index contributed by atoms with van der Waals surface area (Å²) in [5.41, 5.74) is 1.49. The van der Waals surface area contributed by atoms with Gasteiger partial charge in [-0.05, 0) is 102 Å². The van der Waals surface area contributed by atoms with Gasteiger partial charge in [-0.25, -0.2) is 0 Å². The molecule has 1 aliphatic rings. The van der Waals surface area contributed by atoms with E-state index in [1.165, 1.54) is 0 Å². The van der Waals surface area contributed by atoms with Gasteiger partial charge in [-0.2, -0.15) is 28.1 Å². The number of hydrogen-bond acceptors (Lipinski definition) is 11. The first-order chi connectivity index (χ1) is 24.4. The van der Waals surface area contributed by atoms with Crippen molar-refractivity contribution in [2.24, 2.45) is 0 Å². The van der Waals surface area contributed by atoms with Crippen LogP contribution in [0.5, 0.6) is 6.01 Å². The third-order valence-corrected chi connectivity index (χ3v) is 6.33. The summed E-state index contributed by atoms with van der Waals surface area (Å²) < 4.78 is 43.2. The van der Waals surface area contributed by atoms with Crippen LogP contribution in [0.15, 0.2) is 48.5 Å². The molecule has 5 N–H and O–H groups in total. The molecule has 0 atom stereocenters. The number of carbonyl (C=O) groups is 3. The number of hydrogen-bond donors (Lipinski definition) is 5. The van der Waals surface area contributed by atoms with E-state index in [1.54, 1.807) is 43.3 Å². The van der Waals surface area contributed by atoms with Crippen LogP contribution in [0.4, 0.5) is 30.8 Å². The molecule has 1 aliphatic carbocycles. The second-order valence-electron chi connectivity index (χ2n) is 10.2. The normalized spacial score (nSPS) is 11.7. The lowest BCUT2D eigenvalue weighted by atomic mass is 10.1. The zero-order valence-electron chi connectivity index (χ0n) is 29.8. The Bertz CT molecular complexity index is 1460. The van der Waals surface area contributed by atoms with Crippen LogP contribution in [0.3, 0.4) is 0 Å². The highest BCUT2D eigenvalue weighted by molar-refractivity contribution is 6.30. The van der Waals surface area contributed by atoms with Crippen molar-refractivity contribution in [2.45, 2.75) is 58.2 Å². The van der Waals surface area contributed by atoms with Crippen molar-refractivity contribution in [3.05, 3.63) is 64.7 Å². The van der Waals surface area contributed by atoms with Crippen molar-refractivity contribution in [2.75, 3.05) is 51.5 Å². The number of anilines is 3. The topological polar surface area (TPSA) is 159 Å². The summed E-state index contributed by atoms with van der Waals surface area (Å²) >= 11 is 6.00. The van der Waals surface area contributed by atoms with Gasteiger partial charge in [-0.3, -0.25) is 14.4 Å². The standard InChI is InChI=1S/C26H29ClF3N7O2.C3H4.C2H7N.C2H2O2.C2H6/c1-31-14-2-3-15-32-21(38)17-4-10-20(11-5-17)33-22-34-23(36-24(35-22)39-16-26(28,29)30)37-25(12-13-25)18-6-8-19(27)9-7-18;2*1-3-2;3-1-2-4;1-2/h4-11,31H,2-3,12-16H2,1H3,(H,32,38)(H2,33,34,35,36,37);1H,2H3;3H,1-2H3;1-2H;1-2H3. The Morgan fingerprint density at radius 1 is 0.941 bits per heavy atom. The Morgan fingerprint density at radius 3 is 1.96 bits per heavy atom. The van der Waals surface area contributed by atoms with E-state index >= 15 is 0 Å². The van der Waals surface area contributed by atoms with Crippen LogP contribution in [0.25, 0.3) is 0 Å². The molecule has 0 unspecified atom stereocenters. The highest BCUT2D eigenvalue weighted by Crippen LogP contribution is 2.48. The van der Waals surface area contributed by atoms with Gasteiger partial charge in [-0.15, -0.1) is 12.3 Å². The van der Waals surface area contributed by atoms with Crippen molar-refractivity contribution in [1.82, 2.24) is 30.9 Å². The lowest BCUT2D eigenvalue weighted by Gasteiger charge is -2.19. The van der Waals surface area contributed by atoms with Crippen molar-refractivity contribution in [3.8, 4) is 18.4 Å². The highest BCUT2D eigenvalue weighted by atomic mass is 35.5. The minimum atomic E-state index is -4.56. The summed E-state index contributed by atoms with van der Waals surface area (Å²) in [6.45, 7) is 5.56. The Kier molecular flexibility index (Phi) is 23.6. The minimum absolute atomic E-state index is 0.0154. The fraction of sp³-hybridized carbons (Fsp3) is 0.429. The number of aldehydes is 2. The molecule has 0 saturated heterocycles. The molecule has 12 nitrogen and oxygen atoms in total. The molecule has 1 aromatic heterocycles. The van der Waals surface area contributed by atoms with Gasteiger partial charge in [0.05, 0.1) is 5.54 Å². The number of unbranched alkanes of at least 4 members (excludes halogenated alkanes) is 1. The van der Waals surface area contributed by atoms with E-state index in [0.717, 1.165) is 37.8 Å². The van der Waals surface area contributed by atoms with E-state index in [2.05, 4.69) is 53.9 Å². The number of nitrogens with one attached hydrogen (secondary N) is 5. The minimum Gasteiger partial charge on any atom is -0.454 e. The third-order valence-electron chi connectivity index (χ3n) is 6.08. The number of alkyl halides is 3. The van der Waals surface area contributed by atoms with Crippen LogP contribution in [0.2, 0.25) is 5.02 Å². The monoisotopic (exact) mass is 736 g/mol. The van der Waals surface area contributed by atoms with Crippen molar-refractivity contribution < 1.29 is 32.3 Å². The average molecular weight is 737 g/mol. The quantitative estimate of drug-likeness (QED) is 0.0579. The number of amides is 1. The van der Waals surface area contributed by atoms with E-state index in [1.807, 2.05) is 47.1 Å². The molecule has 4 rings (SSSR count). The molecule has 0 bridgehead atoms. The van der Waals surface area contributed by atoms with Gasteiger partial charge >= 0.3 is 12.2 Å². The van der Waals surface area contributed by atoms with E-state index in [9.17, 15) is 18.0 Å². The van der Waals surface area contributed by atoms with Crippen LogP contribution in [0, 0.1) is 12.3 Å². The molecule has 0 spiro atoms. The summed E-state index contributed by atoms with van der Waals surface area (Å²) in [5.74, 6) is 2.10. The maximum atomic E-state index is 12.8. The summed E-state index contributed by atoms with van der Waals surface area (Å²) in [6, 6.07) is 13.4. The zero-order valence-corrected chi connectivity index (χ0v) is 30.5. The van der Waals surface area contributed by atoms with Crippen molar-refractivity contribution in [3.63, 3.8) is 0 Å². The smallest absolute Gasteiger partial charge is 0.422 e. The number of benzene rings is 2. The number of carbonyl (C=O) groups excluding carboxylic acids is 3. The van der Waals surface area contributed by atoms with Crippen LogP contribution in [-0.2, 0) is 15.1 Å². The highest BCUT2D eigenvalue weighted by Gasteiger charge is 2.45. The zero-order chi connectivity index (χ0) is 38.7. The van der Waals surface area contributed by atoms with E-state index in [0.29, 0.717) is 22.8 Å². The third kappa shape index (κ3) is 19.9. The van der Waals surface area contributed by atoms with Crippen LogP contribution < -0.4 is 31.3 Å². The van der Waals surface area contributed by atoms with Gasteiger partial charge in [0.1, 0.15) is 0 Å². The first kappa shape index (κ1) is 46.2. The Labute approximate surface area is 303 Å². The summed E-state index contributed by atoms with van der Waals surface area (Å²) in [5, 5.41) is 15.4. The van der Waals surface area contributed by atoms with Gasteiger partial charge < -0.3 is 31.3 Å². The van der Waals surface area contributed by atoms with Gasteiger partial charge in [0.25, 0.3) is 5.91 Å². The lowest BCUT2D eigenvalue weighted by Crippen LogP contribution is -2.25. The molecule has 51 heavy (non-hydrogen) atoms. The van der Waals surface area contributed by atoms with E-state index in [4.69, 9.17) is 25.9 Å². The molecule has 280 valence electrons. The number of aromatic nitrogens is 3. The van der Waals surface area contributed by atoms with Crippen LogP contribution in [-0.4, -0.2) is 80.4 Å². The number of halogens is 4. The molecule has 0 radical (unpaired) electrons. The van der Waals surface area contributed by atoms with Crippen molar-refractivity contribution in [1.29, 1.82) is 0 Å². The second kappa shape index (κ2) is 26.1. The van der Waals surface area contributed by atoms with Crippen molar-refractivity contribution >= 4 is 47.7 Å². The maximum Gasteiger partial charge on any atom is 0.422 e. The van der Waals surface area contributed by atoms with E-state index < -0.39 is 24.3 Å². The molecular formula is C35H48ClF3N8O4. The lowest BCUT2D eigenvalue weighted by molar-refractivity contribution is -0.154. The van der Waals surface area contributed by atoms with Gasteiger partial charge in [0, 0.05) is 22.8 Å². The Balaban J connectivity index is 0.00000183. The Hall–Kier alpha value is -4.78. The first-order valence-electron chi connectivity index (χ1n) is 16.0.